The van der Waals surface area contributed by atoms with Gasteiger partial charge in [0.1, 0.15) is 0 Å². The predicted octanol–water partition coefficient (Wildman–Crippen LogP) is 0.737. The van der Waals surface area contributed by atoms with Crippen LogP contribution in [0.3, 0.4) is 0 Å². The summed E-state index contributed by atoms with van der Waals surface area (Å²) >= 11 is 0. The van der Waals surface area contributed by atoms with E-state index in [9.17, 15) is 0 Å². The molecule has 0 aliphatic rings. The van der Waals surface area contributed by atoms with E-state index in [1.807, 2.05) is 14.1 Å². The predicted molar refractivity (Wildman–Crippen MR) is 36.1 cm³/mol. The Hall–Kier alpha value is -0.0800. The van der Waals surface area contributed by atoms with E-state index in [0.29, 0.717) is 4.59 Å². The third-order valence-corrected chi connectivity index (χ3v) is 1.09. The lowest BCUT2D eigenvalue weighted by molar-refractivity contribution is -0.902. The second-order valence-electron chi connectivity index (χ2n) is 2.86. The Morgan fingerprint density at radius 1 is 1.38 bits per heavy atom. The monoisotopic (exact) mass is 117 g/mol. The van der Waals surface area contributed by atoms with E-state index in [4.69, 9.17) is 5.84 Å². The molecule has 2 nitrogen and oxygen atoms in total. The van der Waals surface area contributed by atoms with Gasteiger partial charge in [-0.25, -0.2) is 0 Å². The van der Waals surface area contributed by atoms with Crippen molar-refractivity contribution in [2.45, 2.75) is 19.8 Å². The standard InChI is InChI=1S/C6H17N2/c1-4-5-6-8(2,3)7/h4-7H2,1-3H3/q+1. The number of unbranched alkanes of at least 4 members (excludes halogenated alkanes) is 1. The Bertz CT molecular complexity index is 54.0. The van der Waals surface area contributed by atoms with Gasteiger partial charge in [0, 0.05) is 0 Å². The van der Waals surface area contributed by atoms with Crippen LogP contribution in [0.15, 0.2) is 0 Å². The van der Waals surface area contributed by atoms with Crippen molar-refractivity contribution < 1.29 is 4.59 Å². The zero-order valence-corrected chi connectivity index (χ0v) is 6.15. The maximum absolute atomic E-state index is 5.66. The van der Waals surface area contributed by atoms with Crippen molar-refractivity contribution >= 4 is 0 Å². The molecule has 0 spiro atoms. The number of rotatable bonds is 3. The molecule has 8 heavy (non-hydrogen) atoms. The Labute approximate surface area is 51.8 Å². The third-order valence-electron chi connectivity index (χ3n) is 1.09. The zero-order valence-electron chi connectivity index (χ0n) is 6.15. The fourth-order valence-electron chi connectivity index (χ4n) is 0.566. The van der Waals surface area contributed by atoms with E-state index in [2.05, 4.69) is 6.92 Å². The molecule has 0 unspecified atom stereocenters. The molecular formula is C6H17N2+. The molecule has 0 saturated heterocycles. The molecule has 0 aromatic carbocycles. The molecule has 2 N–H and O–H groups in total. The molecule has 0 aliphatic heterocycles. The Morgan fingerprint density at radius 2 is 1.88 bits per heavy atom. The lowest BCUT2D eigenvalue weighted by atomic mass is 10.3. The first-order valence-corrected chi connectivity index (χ1v) is 3.18. The summed E-state index contributed by atoms with van der Waals surface area (Å²) in [6.45, 7) is 3.26. The second kappa shape index (κ2) is 3.05. The van der Waals surface area contributed by atoms with E-state index >= 15 is 0 Å². The summed E-state index contributed by atoms with van der Waals surface area (Å²) in [6.07, 6.45) is 2.46. The summed E-state index contributed by atoms with van der Waals surface area (Å²) in [7, 11) is 4.02. The molecular weight excluding hydrogens is 100 g/mol. The smallest absolute Gasteiger partial charge is 0.0955 e. The largest absolute Gasteiger partial charge is 0.253 e. The van der Waals surface area contributed by atoms with Crippen LogP contribution in [0.25, 0.3) is 0 Å². The van der Waals surface area contributed by atoms with E-state index < -0.39 is 0 Å². The Kier molecular flexibility index (Phi) is 3.02. The zero-order chi connectivity index (χ0) is 6.62. The second-order valence-corrected chi connectivity index (χ2v) is 2.86. The molecule has 50 valence electrons. The maximum atomic E-state index is 5.66. The normalized spacial score (nSPS) is 12.0. The van der Waals surface area contributed by atoms with E-state index in [0.717, 1.165) is 6.54 Å². The van der Waals surface area contributed by atoms with E-state index in [1.165, 1.54) is 12.8 Å². The van der Waals surface area contributed by atoms with Crippen LogP contribution in [0.2, 0.25) is 0 Å². The van der Waals surface area contributed by atoms with Gasteiger partial charge in [0.05, 0.1) is 20.6 Å². The minimum absolute atomic E-state index is 0.605. The molecule has 0 bridgehead atoms. The van der Waals surface area contributed by atoms with Crippen LogP contribution in [-0.2, 0) is 0 Å². The number of nitrogens with two attached hydrogens (primary N) is 1. The van der Waals surface area contributed by atoms with Crippen molar-refractivity contribution in [3.05, 3.63) is 0 Å². The highest BCUT2D eigenvalue weighted by atomic mass is 15.5. The van der Waals surface area contributed by atoms with Crippen molar-refractivity contribution in [3.8, 4) is 0 Å². The van der Waals surface area contributed by atoms with Gasteiger partial charge >= 0.3 is 0 Å². The molecule has 0 aromatic heterocycles. The summed E-state index contributed by atoms with van der Waals surface area (Å²) in [5.74, 6) is 5.66. The van der Waals surface area contributed by atoms with Gasteiger partial charge in [0.2, 0.25) is 0 Å². The highest BCUT2D eigenvalue weighted by Crippen LogP contribution is 1.91. The molecule has 0 aromatic rings. The van der Waals surface area contributed by atoms with Crippen molar-refractivity contribution in [1.82, 2.24) is 0 Å². The molecule has 0 saturated carbocycles. The number of hydrogen-bond donors (Lipinski definition) is 1. The molecule has 0 rings (SSSR count). The first kappa shape index (κ1) is 7.92. The van der Waals surface area contributed by atoms with Crippen molar-refractivity contribution in [2.75, 3.05) is 20.6 Å². The summed E-state index contributed by atoms with van der Waals surface area (Å²) in [6, 6.07) is 0. The average Bonchev–Trinajstić information content (AvgIpc) is 1.59. The molecule has 0 radical (unpaired) electrons. The summed E-state index contributed by atoms with van der Waals surface area (Å²) in [4.78, 5) is 0. The highest BCUT2D eigenvalue weighted by Gasteiger charge is 2.04. The first-order chi connectivity index (χ1) is 3.56. The SMILES string of the molecule is CCCC[N+](C)(C)N. The van der Waals surface area contributed by atoms with Crippen LogP contribution in [0.5, 0.6) is 0 Å². The summed E-state index contributed by atoms with van der Waals surface area (Å²) in [5.41, 5.74) is 0. The molecule has 2 heteroatoms. The Morgan fingerprint density at radius 3 is 2.00 bits per heavy atom. The fourth-order valence-corrected chi connectivity index (χ4v) is 0.566. The average molecular weight is 117 g/mol. The maximum Gasteiger partial charge on any atom is 0.0955 e. The summed E-state index contributed by atoms with van der Waals surface area (Å²) < 4.78 is 0.605. The van der Waals surface area contributed by atoms with Gasteiger partial charge in [0.15, 0.2) is 0 Å². The molecule has 0 heterocycles. The van der Waals surface area contributed by atoms with Gasteiger partial charge in [-0.2, -0.15) is 5.84 Å². The van der Waals surface area contributed by atoms with Gasteiger partial charge < -0.3 is 0 Å². The van der Waals surface area contributed by atoms with Crippen LogP contribution in [0.4, 0.5) is 0 Å². The topological polar surface area (TPSA) is 26.0 Å². The van der Waals surface area contributed by atoms with E-state index in [-0.39, 0.29) is 0 Å². The molecule has 0 atom stereocenters. The fraction of sp³-hybridized carbons (Fsp3) is 1.00. The third kappa shape index (κ3) is 5.92. The lowest BCUT2D eigenvalue weighted by Gasteiger charge is -2.21. The lowest BCUT2D eigenvalue weighted by Crippen LogP contribution is -2.47. The van der Waals surface area contributed by atoms with Crippen LogP contribution in [0, 0.1) is 0 Å². The van der Waals surface area contributed by atoms with Crippen molar-refractivity contribution in [2.24, 2.45) is 5.84 Å². The number of nitrogens with zero attached hydrogens (tertiary/aromatic N) is 1. The summed E-state index contributed by atoms with van der Waals surface area (Å²) in [5, 5.41) is 0. The highest BCUT2D eigenvalue weighted by molar-refractivity contribution is 4.28. The minimum atomic E-state index is 0.605. The van der Waals surface area contributed by atoms with Gasteiger partial charge in [0.25, 0.3) is 0 Å². The number of hydrogen-bond acceptors (Lipinski definition) is 1. The van der Waals surface area contributed by atoms with Gasteiger partial charge in [-0.1, -0.05) is 13.3 Å². The number of quaternary nitrogens is 1. The van der Waals surface area contributed by atoms with Gasteiger partial charge in [-0.05, 0) is 6.42 Å². The molecule has 0 fully saturated rings. The van der Waals surface area contributed by atoms with Crippen LogP contribution >= 0.6 is 0 Å². The Balaban J connectivity index is 3.11. The minimum Gasteiger partial charge on any atom is -0.253 e. The quantitative estimate of drug-likeness (QED) is 0.329. The van der Waals surface area contributed by atoms with Crippen LogP contribution in [0.1, 0.15) is 19.8 Å². The van der Waals surface area contributed by atoms with Gasteiger partial charge in [-0.15, -0.1) is 0 Å². The van der Waals surface area contributed by atoms with Crippen LogP contribution < -0.4 is 5.84 Å². The van der Waals surface area contributed by atoms with Crippen molar-refractivity contribution in [1.29, 1.82) is 0 Å². The van der Waals surface area contributed by atoms with Gasteiger partial charge in [-0.3, -0.25) is 4.59 Å². The van der Waals surface area contributed by atoms with Crippen molar-refractivity contribution in [3.63, 3.8) is 0 Å². The van der Waals surface area contributed by atoms with Crippen LogP contribution in [-0.4, -0.2) is 25.2 Å². The first-order valence-electron chi connectivity index (χ1n) is 3.18. The molecule has 0 aliphatic carbocycles. The molecule has 0 amide bonds. The van der Waals surface area contributed by atoms with E-state index in [1.54, 1.807) is 0 Å².